The molecule has 31 heavy (non-hydrogen) atoms. The number of carbonyl (C=O) groups is 1. The van der Waals surface area contributed by atoms with Crippen LogP contribution in [0.4, 0.5) is 0 Å². The van der Waals surface area contributed by atoms with Crippen LogP contribution < -0.4 is 14.9 Å². The Morgan fingerprint density at radius 1 is 1.26 bits per heavy atom. The van der Waals surface area contributed by atoms with Gasteiger partial charge in [-0.05, 0) is 59.4 Å². The van der Waals surface area contributed by atoms with Crippen LogP contribution in [0, 0.1) is 0 Å². The van der Waals surface area contributed by atoms with Gasteiger partial charge in [-0.1, -0.05) is 49.4 Å². The third-order valence-corrected chi connectivity index (χ3v) is 6.96. The number of aromatic nitrogens is 1. The van der Waals surface area contributed by atoms with E-state index in [0.717, 1.165) is 11.1 Å². The number of benzene rings is 1. The van der Waals surface area contributed by atoms with Crippen molar-refractivity contribution in [3.8, 4) is 0 Å². The first-order chi connectivity index (χ1) is 14.9. The maximum absolute atomic E-state index is 13.4. The second-order valence-corrected chi connectivity index (χ2v) is 9.47. The topological polar surface area (TPSA) is 60.7 Å². The zero-order chi connectivity index (χ0) is 22.1. The first-order valence-electron chi connectivity index (χ1n) is 10.2. The highest BCUT2D eigenvalue weighted by molar-refractivity contribution is 7.08. The van der Waals surface area contributed by atoms with Crippen molar-refractivity contribution in [1.29, 1.82) is 0 Å². The monoisotopic (exact) mass is 452 g/mol. The summed E-state index contributed by atoms with van der Waals surface area (Å²) in [5.41, 5.74) is 3.89. The molecular formula is C24H24N2O3S2. The fourth-order valence-electron chi connectivity index (χ4n) is 3.68. The first kappa shape index (κ1) is 21.5. The van der Waals surface area contributed by atoms with E-state index in [1.807, 2.05) is 35.0 Å². The molecule has 1 atom stereocenters. The summed E-state index contributed by atoms with van der Waals surface area (Å²) in [5.74, 6) is -0.0442. The van der Waals surface area contributed by atoms with E-state index in [2.05, 4.69) is 31.0 Å². The normalized spacial score (nSPS) is 16.4. The molecule has 3 aromatic rings. The van der Waals surface area contributed by atoms with E-state index in [1.165, 1.54) is 16.9 Å². The van der Waals surface area contributed by atoms with Crippen LogP contribution in [0.3, 0.4) is 0 Å². The summed E-state index contributed by atoms with van der Waals surface area (Å²) in [6, 6.07) is 9.50. The predicted molar refractivity (Wildman–Crippen MR) is 125 cm³/mol. The van der Waals surface area contributed by atoms with Crippen molar-refractivity contribution in [2.75, 3.05) is 6.61 Å². The van der Waals surface area contributed by atoms with E-state index in [1.54, 1.807) is 29.8 Å². The summed E-state index contributed by atoms with van der Waals surface area (Å²) < 4.78 is 7.56. The molecule has 0 saturated carbocycles. The van der Waals surface area contributed by atoms with Gasteiger partial charge in [0.05, 0.1) is 28.5 Å². The number of hydrogen-bond donors (Lipinski definition) is 0. The third-order valence-electron chi connectivity index (χ3n) is 5.28. The molecule has 160 valence electrons. The van der Waals surface area contributed by atoms with Crippen molar-refractivity contribution in [2.24, 2.45) is 4.99 Å². The molecule has 0 bridgehead atoms. The molecule has 2 aromatic heterocycles. The average Bonchev–Trinajstić information content (AvgIpc) is 3.35. The van der Waals surface area contributed by atoms with Gasteiger partial charge in [0.15, 0.2) is 4.80 Å². The van der Waals surface area contributed by atoms with Crippen molar-refractivity contribution in [1.82, 2.24) is 4.57 Å². The molecule has 0 radical (unpaired) electrons. The second-order valence-electron chi connectivity index (χ2n) is 7.68. The Labute approximate surface area is 188 Å². The van der Waals surface area contributed by atoms with Crippen LogP contribution in [0.25, 0.3) is 6.08 Å². The standard InChI is InChI=1S/C24H24N2O3S2/c1-5-29-23(28)20-15(4)25-24-26(21(20)18-8-6-17(7-9-18)14(2)3)22(27)19(31-24)12-16-10-11-30-13-16/h6-14,21H,5H2,1-4H3/b19-12+. The second kappa shape index (κ2) is 8.77. The molecule has 1 unspecified atom stereocenters. The summed E-state index contributed by atoms with van der Waals surface area (Å²) in [5, 5.41) is 3.97. The molecule has 1 aliphatic rings. The summed E-state index contributed by atoms with van der Waals surface area (Å²) in [7, 11) is 0. The Morgan fingerprint density at radius 3 is 2.61 bits per heavy atom. The van der Waals surface area contributed by atoms with Gasteiger partial charge >= 0.3 is 5.97 Å². The maximum Gasteiger partial charge on any atom is 0.338 e. The Balaban J connectivity index is 1.94. The molecule has 1 aliphatic heterocycles. The molecule has 0 fully saturated rings. The molecule has 3 heterocycles. The fourth-order valence-corrected chi connectivity index (χ4v) is 5.34. The van der Waals surface area contributed by atoms with Gasteiger partial charge in [0, 0.05) is 0 Å². The van der Waals surface area contributed by atoms with Crippen molar-refractivity contribution in [3.63, 3.8) is 0 Å². The summed E-state index contributed by atoms with van der Waals surface area (Å²) >= 11 is 2.93. The summed E-state index contributed by atoms with van der Waals surface area (Å²) in [6.45, 7) is 8.11. The van der Waals surface area contributed by atoms with Crippen LogP contribution in [0.5, 0.6) is 0 Å². The van der Waals surface area contributed by atoms with Gasteiger partial charge < -0.3 is 4.74 Å². The molecule has 1 aromatic carbocycles. The number of ether oxygens (including phenoxy) is 1. The molecule has 0 saturated heterocycles. The average molecular weight is 453 g/mol. The van der Waals surface area contributed by atoms with E-state index in [4.69, 9.17) is 4.74 Å². The molecule has 5 nitrogen and oxygen atoms in total. The quantitative estimate of drug-likeness (QED) is 0.550. The van der Waals surface area contributed by atoms with Crippen LogP contribution in [-0.2, 0) is 9.53 Å². The predicted octanol–water partition coefficient (Wildman–Crippen LogP) is 3.98. The number of thiazole rings is 1. The lowest BCUT2D eigenvalue weighted by Crippen LogP contribution is -2.39. The largest absolute Gasteiger partial charge is 0.463 e. The van der Waals surface area contributed by atoms with Crippen molar-refractivity contribution in [3.05, 3.63) is 88.7 Å². The number of thiophene rings is 1. The molecule has 0 spiro atoms. The van der Waals surface area contributed by atoms with Crippen LogP contribution in [0.2, 0.25) is 0 Å². The number of carbonyl (C=O) groups excluding carboxylic acids is 1. The van der Waals surface area contributed by atoms with E-state index in [-0.39, 0.29) is 12.2 Å². The third kappa shape index (κ3) is 4.07. The molecule has 0 amide bonds. The Bertz CT molecular complexity index is 1310. The minimum Gasteiger partial charge on any atom is -0.463 e. The minimum atomic E-state index is -0.568. The Morgan fingerprint density at radius 2 is 2.00 bits per heavy atom. The van der Waals surface area contributed by atoms with Gasteiger partial charge in [-0.15, -0.1) is 0 Å². The lowest BCUT2D eigenvalue weighted by Gasteiger charge is -2.25. The van der Waals surface area contributed by atoms with Crippen molar-refractivity contribution in [2.45, 2.75) is 39.7 Å². The highest BCUT2D eigenvalue weighted by Crippen LogP contribution is 2.31. The number of allylic oxidation sites excluding steroid dienone is 1. The van der Waals surface area contributed by atoms with Crippen LogP contribution in [-0.4, -0.2) is 17.1 Å². The van der Waals surface area contributed by atoms with Crippen molar-refractivity contribution < 1.29 is 9.53 Å². The van der Waals surface area contributed by atoms with E-state index in [0.29, 0.717) is 26.5 Å². The molecule has 0 N–H and O–H groups in total. The van der Waals surface area contributed by atoms with Crippen LogP contribution in [0.15, 0.2) is 62.1 Å². The smallest absolute Gasteiger partial charge is 0.338 e. The fraction of sp³-hybridized carbons (Fsp3) is 0.292. The van der Waals surface area contributed by atoms with Gasteiger partial charge in [0.25, 0.3) is 5.56 Å². The number of nitrogens with zero attached hydrogens (tertiary/aromatic N) is 2. The van der Waals surface area contributed by atoms with E-state index >= 15 is 0 Å². The highest BCUT2D eigenvalue weighted by atomic mass is 32.1. The zero-order valence-corrected chi connectivity index (χ0v) is 19.5. The summed E-state index contributed by atoms with van der Waals surface area (Å²) in [6.07, 6.45) is 1.88. The number of fused-ring (bicyclic) bond motifs is 1. The van der Waals surface area contributed by atoms with Gasteiger partial charge in [-0.25, -0.2) is 9.79 Å². The van der Waals surface area contributed by atoms with Crippen LogP contribution >= 0.6 is 22.7 Å². The van der Waals surface area contributed by atoms with Gasteiger partial charge in [0.1, 0.15) is 0 Å². The first-order valence-corrected chi connectivity index (χ1v) is 12.0. The highest BCUT2D eigenvalue weighted by Gasteiger charge is 2.33. The van der Waals surface area contributed by atoms with E-state index in [9.17, 15) is 9.59 Å². The SMILES string of the molecule is CCOC(=O)C1=C(C)N=c2s/c(=C/c3ccsc3)c(=O)n2C1c1ccc(C(C)C)cc1. The number of hydrogen-bond acceptors (Lipinski definition) is 6. The molecular weight excluding hydrogens is 428 g/mol. The number of esters is 1. The molecule has 7 heteroatoms. The lowest BCUT2D eigenvalue weighted by molar-refractivity contribution is -0.139. The minimum absolute atomic E-state index is 0.151. The van der Waals surface area contributed by atoms with Crippen molar-refractivity contribution >= 4 is 34.7 Å². The van der Waals surface area contributed by atoms with Gasteiger partial charge in [0.2, 0.25) is 0 Å². The summed E-state index contributed by atoms with van der Waals surface area (Å²) in [4.78, 5) is 31.5. The lowest BCUT2D eigenvalue weighted by atomic mass is 9.93. The van der Waals surface area contributed by atoms with E-state index < -0.39 is 12.0 Å². The maximum atomic E-state index is 13.4. The Kier molecular flexibility index (Phi) is 6.07. The molecule has 4 rings (SSSR count). The van der Waals surface area contributed by atoms with Gasteiger partial charge in [-0.2, -0.15) is 11.3 Å². The van der Waals surface area contributed by atoms with Gasteiger partial charge in [-0.3, -0.25) is 9.36 Å². The Hall–Kier alpha value is -2.77. The zero-order valence-electron chi connectivity index (χ0n) is 17.9. The van der Waals surface area contributed by atoms with Crippen LogP contribution in [0.1, 0.15) is 56.3 Å². The number of rotatable bonds is 5. The molecule has 0 aliphatic carbocycles.